The first-order chi connectivity index (χ1) is 9.51. The third kappa shape index (κ3) is 2.09. The van der Waals surface area contributed by atoms with Crippen molar-refractivity contribution in [1.82, 2.24) is 4.98 Å². The fraction of sp³-hybridized carbons (Fsp3) is 0.286. The molecule has 0 aliphatic rings. The summed E-state index contributed by atoms with van der Waals surface area (Å²) in [5, 5.41) is 10.7. The third-order valence-electron chi connectivity index (χ3n) is 3.14. The summed E-state index contributed by atoms with van der Waals surface area (Å²) >= 11 is 0. The second-order valence-electron chi connectivity index (χ2n) is 4.30. The standard InChI is InChI=1S/C14H16N2O4/c1-3-9-7-5-6-8(14(19)20-4-2)11(15)10(7)12(17)13(18)16-9/h5-6,17H,3-4,15H2,1-2H3,(H,16,18). The highest BCUT2D eigenvalue weighted by Crippen LogP contribution is 2.31. The fourth-order valence-corrected chi connectivity index (χ4v) is 2.17. The number of nitrogens with two attached hydrogens (primary N) is 1. The Bertz CT molecular complexity index is 734. The summed E-state index contributed by atoms with van der Waals surface area (Å²) in [6, 6.07) is 3.18. The molecule has 0 fully saturated rings. The van der Waals surface area contributed by atoms with Crippen LogP contribution in [0.2, 0.25) is 0 Å². The minimum atomic E-state index is -0.623. The van der Waals surface area contributed by atoms with Crippen molar-refractivity contribution in [3.05, 3.63) is 33.7 Å². The minimum absolute atomic E-state index is 0.0549. The quantitative estimate of drug-likeness (QED) is 0.582. The topological polar surface area (TPSA) is 105 Å². The van der Waals surface area contributed by atoms with Crippen LogP contribution < -0.4 is 11.3 Å². The number of nitrogen functional groups attached to an aromatic ring is 1. The molecular weight excluding hydrogens is 260 g/mol. The Labute approximate surface area is 115 Å². The number of H-pyrrole nitrogens is 1. The number of aromatic amines is 1. The van der Waals surface area contributed by atoms with E-state index in [0.717, 1.165) is 0 Å². The lowest BCUT2D eigenvalue weighted by molar-refractivity contribution is 0.0528. The first kappa shape index (κ1) is 13.9. The van der Waals surface area contributed by atoms with Gasteiger partial charge in [0.2, 0.25) is 0 Å². The summed E-state index contributed by atoms with van der Waals surface area (Å²) in [4.78, 5) is 26.1. The van der Waals surface area contributed by atoms with Crippen molar-refractivity contribution in [2.45, 2.75) is 20.3 Å². The number of pyridine rings is 1. The van der Waals surface area contributed by atoms with Crippen LogP contribution in [0.25, 0.3) is 10.8 Å². The van der Waals surface area contributed by atoms with Crippen LogP contribution in [0.5, 0.6) is 5.75 Å². The third-order valence-corrected chi connectivity index (χ3v) is 3.14. The molecule has 6 heteroatoms. The van der Waals surface area contributed by atoms with Crippen LogP contribution in [-0.4, -0.2) is 22.7 Å². The first-order valence-corrected chi connectivity index (χ1v) is 6.34. The maximum atomic E-state index is 11.8. The molecule has 0 aliphatic heterocycles. The Morgan fingerprint density at radius 1 is 1.40 bits per heavy atom. The number of benzene rings is 1. The van der Waals surface area contributed by atoms with Crippen molar-refractivity contribution >= 4 is 22.4 Å². The number of carbonyl (C=O) groups excluding carboxylic acids is 1. The van der Waals surface area contributed by atoms with Crippen LogP contribution in [0.4, 0.5) is 5.69 Å². The molecular formula is C14H16N2O4. The first-order valence-electron chi connectivity index (χ1n) is 6.34. The van der Waals surface area contributed by atoms with Gasteiger partial charge in [0.25, 0.3) is 5.56 Å². The van der Waals surface area contributed by atoms with Crippen molar-refractivity contribution in [2.24, 2.45) is 0 Å². The van der Waals surface area contributed by atoms with Gasteiger partial charge in [0.05, 0.1) is 23.2 Å². The van der Waals surface area contributed by atoms with E-state index in [-0.39, 0.29) is 23.2 Å². The molecule has 0 saturated carbocycles. The number of carbonyl (C=O) groups is 1. The molecule has 0 bridgehead atoms. The van der Waals surface area contributed by atoms with E-state index in [1.165, 1.54) is 6.07 Å². The molecule has 0 radical (unpaired) electrons. The molecule has 1 aromatic carbocycles. The predicted octanol–water partition coefficient (Wildman–Crippen LogP) is 1.55. The number of anilines is 1. The summed E-state index contributed by atoms with van der Waals surface area (Å²) in [5.41, 5.74) is 6.16. The summed E-state index contributed by atoms with van der Waals surface area (Å²) in [6.45, 7) is 3.78. The summed E-state index contributed by atoms with van der Waals surface area (Å²) in [7, 11) is 0. The minimum Gasteiger partial charge on any atom is -0.503 e. The fourth-order valence-electron chi connectivity index (χ4n) is 2.17. The van der Waals surface area contributed by atoms with Crippen LogP contribution in [0.15, 0.2) is 16.9 Å². The molecule has 2 rings (SSSR count). The van der Waals surface area contributed by atoms with E-state index >= 15 is 0 Å². The number of hydrogen-bond acceptors (Lipinski definition) is 5. The molecule has 0 unspecified atom stereocenters. The summed E-state index contributed by atoms with van der Waals surface area (Å²) in [5.74, 6) is -1.06. The number of aromatic hydroxyl groups is 1. The van der Waals surface area contributed by atoms with Gasteiger partial charge >= 0.3 is 5.97 Å². The van der Waals surface area contributed by atoms with Crippen LogP contribution in [-0.2, 0) is 11.2 Å². The number of nitrogens with one attached hydrogen (secondary N) is 1. The molecule has 1 aromatic heterocycles. The molecule has 6 nitrogen and oxygen atoms in total. The zero-order chi connectivity index (χ0) is 14.9. The van der Waals surface area contributed by atoms with Gasteiger partial charge < -0.3 is 20.6 Å². The average Bonchev–Trinajstić information content (AvgIpc) is 2.42. The van der Waals surface area contributed by atoms with Gasteiger partial charge in [-0.05, 0) is 19.4 Å². The largest absolute Gasteiger partial charge is 0.503 e. The van der Waals surface area contributed by atoms with E-state index in [1.807, 2.05) is 6.92 Å². The molecule has 0 amide bonds. The van der Waals surface area contributed by atoms with E-state index in [1.54, 1.807) is 13.0 Å². The number of ether oxygens (including phenoxy) is 1. The number of aromatic nitrogens is 1. The summed E-state index contributed by atoms with van der Waals surface area (Å²) < 4.78 is 4.90. The maximum Gasteiger partial charge on any atom is 0.340 e. The Hall–Kier alpha value is -2.50. The number of aryl methyl sites for hydroxylation is 1. The van der Waals surface area contributed by atoms with Gasteiger partial charge in [0.1, 0.15) is 0 Å². The van der Waals surface area contributed by atoms with Gasteiger partial charge in [-0.1, -0.05) is 13.0 Å². The van der Waals surface area contributed by atoms with Gasteiger partial charge in [-0.2, -0.15) is 0 Å². The van der Waals surface area contributed by atoms with Gasteiger partial charge in [-0.3, -0.25) is 4.79 Å². The van der Waals surface area contributed by atoms with E-state index in [2.05, 4.69) is 4.98 Å². The Kier molecular flexibility index (Phi) is 3.65. The lowest BCUT2D eigenvalue weighted by atomic mass is 10.0. The van der Waals surface area contributed by atoms with Crippen molar-refractivity contribution in [3.63, 3.8) is 0 Å². The van der Waals surface area contributed by atoms with Gasteiger partial charge in [0.15, 0.2) is 5.75 Å². The molecule has 20 heavy (non-hydrogen) atoms. The average molecular weight is 276 g/mol. The monoisotopic (exact) mass is 276 g/mol. The Balaban J connectivity index is 2.81. The molecule has 1 heterocycles. The Morgan fingerprint density at radius 2 is 2.10 bits per heavy atom. The zero-order valence-corrected chi connectivity index (χ0v) is 11.3. The SMILES string of the molecule is CCOC(=O)c1ccc2c(CC)[nH]c(=O)c(O)c2c1N. The van der Waals surface area contributed by atoms with Crippen LogP contribution in [0.1, 0.15) is 29.9 Å². The molecule has 0 saturated heterocycles. The number of rotatable bonds is 3. The second-order valence-corrected chi connectivity index (χ2v) is 4.30. The van der Waals surface area contributed by atoms with Crippen molar-refractivity contribution < 1.29 is 14.6 Å². The molecule has 106 valence electrons. The normalized spacial score (nSPS) is 10.7. The van der Waals surface area contributed by atoms with Crippen molar-refractivity contribution in [1.29, 1.82) is 0 Å². The highest BCUT2D eigenvalue weighted by atomic mass is 16.5. The van der Waals surface area contributed by atoms with E-state index in [4.69, 9.17) is 10.5 Å². The van der Waals surface area contributed by atoms with Crippen LogP contribution in [0, 0.1) is 0 Å². The van der Waals surface area contributed by atoms with E-state index in [0.29, 0.717) is 17.5 Å². The van der Waals surface area contributed by atoms with Crippen LogP contribution in [0.3, 0.4) is 0 Å². The second kappa shape index (κ2) is 5.24. The highest BCUT2D eigenvalue weighted by Gasteiger charge is 2.18. The molecule has 0 spiro atoms. The smallest absolute Gasteiger partial charge is 0.340 e. The predicted molar refractivity (Wildman–Crippen MR) is 76.0 cm³/mol. The number of fused-ring (bicyclic) bond motifs is 1. The molecule has 4 N–H and O–H groups in total. The van der Waals surface area contributed by atoms with Gasteiger partial charge in [-0.15, -0.1) is 0 Å². The number of hydrogen-bond donors (Lipinski definition) is 3. The van der Waals surface area contributed by atoms with Crippen LogP contribution >= 0.6 is 0 Å². The lowest BCUT2D eigenvalue weighted by Gasteiger charge is -2.11. The number of esters is 1. The van der Waals surface area contributed by atoms with Crippen molar-refractivity contribution in [3.8, 4) is 5.75 Å². The van der Waals surface area contributed by atoms with Crippen molar-refractivity contribution in [2.75, 3.05) is 12.3 Å². The zero-order valence-electron chi connectivity index (χ0n) is 11.3. The molecule has 0 atom stereocenters. The van der Waals surface area contributed by atoms with E-state index in [9.17, 15) is 14.7 Å². The molecule has 2 aromatic rings. The van der Waals surface area contributed by atoms with E-state index < -0.39 is 17.3 Å². The highest BCUT2D eigenvalue weighted by molar-refractivity contribution is 6.08. The maximum absolute atomic E-state index is 11.8. The van der Waals surface area contributed by atoms with Gasteiger partial charge in [0, 0.05) is 11.1 Å². The molecule has 0 aliphatic carbocycles. The summed E-state index contributed by atoms with van der Waals surface area (Å²) in [6.07, 6.45) is 0.574. The Morgan fingerprint density at radius 3 is 2.70 bits per heavy atom. The van der Waals surface area contributed by atoms with Gasteiger partial charge in [-0.25, -0.2) is 4.79 Å². The lowest BCUT2D eigenvalue weighted by Crippen LogP contribution is -2.13.